The van der Waals surface area contributed by atoms with Crippen molar-refractivity contribution in [2.45, 2.75) is 58.3 Å². The molecule has 1 heterocycles. The van der Waals surface area contributed by atoms with Crippen LogP contribution in [0.2, 0.25) is 0 Å². The van der Waals surface area contributed by atoms with Gasteiger partial charge >= 0.3 is 0 Å². The van der Waals surface area contributed by atoms with Gasteiger partial charge in [0.15, 0.2) is 11.6 Å². The largest absolute Gasteiger partial charge is 0.310 e. The van der Waals surface area contributed by atoms with Crippen molar-refractivity contribution in [2.75, 3.05) is 4.90 Å². The van der Waals surface area contributed by atoms with Crippen molar-refractivity contribution in [3.05, 3.63) is 141 Å². The third-order valence-electron chi connectivity index (χ3n) is 9.62. The first kappa shape index (κ1) is 29.7. The maximum Gasteiger partial charge on any atom is 0.170 e. The average molecular weight is 602 g/mol. The quantitative estimate of drug-likeness (QED) is 0.150. The lowest BCUT2D eigenvalue weighted by atomic mass is 9.71. The molecule has 0 unspecified atom stereocenters. The van der Waals surface area contributed by atoms with Gasteiger partial charge in [0.2, 0.25) is 0 Å². The van der Waals surface area contributed by atoms with E-state index in [9.17, 15) is 9.59 Å². The molecule has 1 aliphatic heterocycles. The Morgan fingerprint density at radius 1 is 0.696 bits per heavy atom. The Hall–Kier alpha value is -5.02. The fourth-order valence-electron chi connectivity index (χ4n) is 7.09. The van der Waals surface area contributed by atoms with Gasteiger partial charge < -0.3 is 4.90 Å². The molecule has 7 rings (SSSR count). The van der Waals surface area contributed by atoms with E-state index in [4.69, 9.17) is 0 Å². The van der Waals surface area contributed by atoms with Gasteiger partial charge in [-0.05, 0) is 85.3 Å². The third-order valence-corrected chi connectivity index (χ3v) is 9.62. The van der Waals surface area contributed by atoms with E-state index in [1.807, 2.05) is 42.5 Å². The average Bonchev–Trinajstić information content (AvgIpc) is 3.10. The molecular weight excluding hydrogens is 562 g/mol. The molecule has 0 fully saturated rings. The van der Waals surface area contributed by atoms with Gasteiger partial charge in [-0.1, -0.05) is 120 Å². The van der Waals surface area contributed by atoms with Crippen molar-refractivity contribution in [1.29, 1.82) is 0 Å². The molecule has 3 heteroatoms. The van der Waals surface area contributed by atoms with E-state index in [1.54, 1.807) is 6.08 Å². The van der Waals surface area contributed by atoms with E-state index < -0.39 is 0 Å². The minimum absolute atomic E-state index is 0.0556. The van der Waals surface area contributed by atoms with Gasteiger partial charge in [-0.25, -0.2) is 0 Å². The van der Waals surface area contributed by atoms with E-state index in [1.165, 1.54) is 21.9 Å². The molecule has 3 nitrogen and oxygen atoms in total. The van der Waals surface area contributed by atoms with E-state index in [0.29, 0.717) is 0 Å². The van der Waals surface area contributed by atoms with Crippen molar-refractivity contribution >= 4 is 57.6 Å². The molecular formula is C43H39NO2. The van der Waals surface area contributed by atoms with Gasteiger partial charge in [0, 0.05) is 23.9 Å². The summed E-state index contributed by atoms with van der Waals surface area (Å²) >= 11 is 0. The van der Waals surface area contributed by atoms with Crippen LogP contribution in [0.5, 0.6) is 0 Å². The lowest BCUT2D eigenvalue weighted by molar-refractivity contribution is -0.120. The zero-order valence-electron chi connectivity index (χ0n) is 27.2. The molecule has 46 heavy (non-hydrogen) atoms. The van der Waals surface area contributed by atoms with Gasteiger partial charge in [0.05, 0.1) is 16.9 Å². The Labute approximate surface area is 271 Å². The van der Waals surface area contributed by atoms with Gasteiger partial charge in [-0.15, -0.1) is 0 Å². The SMILES string of the molecule is CC(C)(C)c1ccc(N2c3ccc(C=C4C(=O)C/C=c5/cccc/c5=C/CC4=O)cc3C(C)(C)c3c2ccc2ccccc32)cc1. The molecule has 0 saturated heterocycles. The molecule has 228 valence electrons. The first-order chi connectivity index (χ1) is 22.0. The normalized spacial score (nSPS) is 17.3. The first-order valence-electron chi connectivity index (χ1n) is 16.1. The zero-order chi connectivity index (χ0) is 32.2. The topological polar surface area (TPSA) is 37.4 Å². The summed E-state index contributed by atoms with van der Waals surface area (Å²) in [6.45, 7) is 11.3. The molecule has 0 spiro atoms. The van der Waals surface area contributed by atoms with Gasteiger partial charge in [-0.2, -0.15) is 0 Å². The number of ketones is 2. The summed E-state index contributed by atoms with van der Waals surface area (Å²) in [5, 5.41) is 4.40. The maximum absolute atomic E-state index is 13.5. The number of rotatable bonds is 2. The van der Waals surface area contributed by atoms with Gasteiger partial charge in [-0.3, -0.25) is 9.59 Å². The number of fused-ring (bicyclic) bond motifs is 5. The second-order valence-electron chi connectivity index (χ2n) is 14.1. The minimum atomic E-state index is -0.350. The number of hydrogen-bond acceptors (Lipinski definition) is 3. The minimum Gasteiger partial charge on any atom is -0.310 e. The Balaban J connectivity index is 1.39. The van der Waals surface area contributed by atoms with E-state index >= 15 is 0 Å². The van der Waals surface area contributed by atoms with Crippen LogP contribution in [-0.2, 0) is 20.4 Å². The van der Waals surface area contributed by atoms with Crippen LogP contribution in [0.25, 0.3) is 29.0 Å². The number of anilines is 3. The molecule has 0 bridgehead atoms. The van der Waals surface area contributed by atoms with E-state index in [-0.39, 0.29) is 40.8 Å². The molecule has 0 amide bonds. The van der Waals surface area contributed by atoms with E-state index in [2.05, 4.69) is 112 Å². The highest BCUT2D eigenvalue weighted by molar-refractivity contribution is 6.25. The lowest BCUT2D eigenvalue weighted by Crippen LogP contribution is -2.31. The van der Waals surface area contributed by atoms with E-state index in [0.717, 1.165) is 38.6 Å². The number of carbonyl (C=O) groups excluding carboxylic acids is 2. The summed E-state index contributed by atoms with van der Waals surface area (Å²) in [5.74, 6) is -0.298. The molecule has 0 radical (unpaired) electrons. The van der Waals surface area contributed by atoms with Crippen molar-refractivity contribution in [3.8, 4) is 0 Å². The highest BCUT2D eigenvalue weighted by Crippen LogP contribution is 2.54. The van der Waals surface area contributed by atoms with Crippen LogP contribution in [0.3, 0.4) is 0 Å². The highest BCUT2D eigenvalue weighted by Gasteiger charge is 2.38. The van der Waals surface area contributed by atoms with Crippen LogP contribution in [0.1, 0.15) is 69.7 Å². The zero-order valence-corrected chi connectivity index (χ0v) is 27.2. The van der Waals surface area contributed by atoms with Crippen LogP contribution >= 0.6 is 0 Å². The summed E-state index contributed by atoms with van der Waals surface area (Å²) in [4.78, 5) is 29.3. The number of allylic oxidation sites excluding steroid dienone is 1. The lowest BCUT2D eigenvalue weighted by Gasteiger charge is -2.43. The van der Waals surface area contributed by atoms with Crippen LogP contribution in [0.15, 0.2) is 109 Å². The second-order valence-corrected chi connectivity index (χ2v) is 14.1. The predicted octanol–water partition coefficient (Wildman–Crippen LogP) is 8.82. The summed E-state index contributed by atoms with van der Waals surface area (Å²) < 4.78 is 0. The Morgan fingerprint density at radius 3 is 1.96 bits per heavy atom. The molecule has 2 aliphatic rings. The number of benzene rings is 5. The summed E-state index contributed by atoms with van der Waals surface area (Å²) in [6, 6.07) is 36.2. The molecule has 5 aromatic rings. The van der Waals surface area contributed by atoms with Crippen LogP contribution in [0, 0.1) is 0 Å². The fraction of sp³-hybridized carbons (Fsp3) is 0.209. The molecule has 1 aliphatic carbocycles. The summed E-state index contributed by atoms with van der Waals surface area (Å²) in [6.07, 6.45) is 6.05. The van der Waals surface area contributed by atoms with Crippen molar-refractivity contribution in [1.82, 2.24) is 0 Å². The van der Waals surface area contributed by atoms with Gasteiger partial charge in [0.1, 0.15) is 0 Å². The van der Waals surface area contributed by atoms with Crippen molar-refractivity contribution in [2.24, 2.45) is 0 Å². The van der Waals surface area contributed by atoms with Crippen LogP contribution in [0.4, 0.5) is 17.1 Å². The number of hydrogen-bond donors (Lipinski definition) is 0. The maximum atomic E-state index is 13.5. The Kier molecular flexibility index (Phi) is 7.16. The summed E-state index contributed by atoms with van der Waals surface area (Å²) in [5.41, 5.74) is 7.88. The van der Waals surface area contributed by atoms with Crippen molar-refractivity contribution < 1.29 is 9.59 Å². The number of carbonyl (C=O) groups is 2. The monoisotopic (exact) mass is 601 g/mol. The predicted molar refractivity (Wildman–Crippen MR) is 191 cm³/mol. The Morgan fingerprint density at radius 2 is 1.30 bits per heavy atom. The number of nitrogens with zero attached hydrogens (tertiary/aromatic N) is 1. The molecule has 0 N–H and O–H groups in total. The fourth-order valence-corrected chi connectivity index (χ4v) is 7.09. The highest BCUT2D eigenvalue weighted by atomic mass is 16.1. The van der Waals surface area contributed by atoms with Crippen LogP contribution < -0.4 is 15.3 Å². The van der Waals surface area contributed by atoms with Gasteiger partial charge in [0.25, 0.3) is 0 Å². The molecule has 0 aromatic heterocycles. The first-order valence-corrected chi connectivity index (χ1v) is 16.1. The van der Waals surface area contributed by atoms with Crippen LogP contribution in [-0.4, -0.2) is 11.6 Å². The molecule has 5 aromatic carbocycles. The Bertz CT molecular complexity index is 2140. The van der Waals surface area contributed by atoms with Crippen molar-refractivity contribution in [3.63, 3.8) is 0 Å². The standard InChI is InChI=1S/C43H39NO2/c1-42(2,3)32-18-20-33(21-19-32)44-37-22-14-28(26-35-39(45)24-16-29-10-6-7-11-30(29)17-25-40(35)46)27-36(37)43(4,5)41-34-13-9-8-12-31(34)15-23-38(41)44/h6-23,26-27H,24-25H2,1-5H3/b29-16-,30-17-. The number of Topliss-reactive ketones (excluding diaryl/α,β-unsaturated/α-hetero) is 2. The smallest absolute Gasteiger partial charge is 0.170 e. The third kappa shape index (κ3) is 5.10. The second kappa shape index (κ2) is 11.1. The summed E-state index contributed by atoms with van der Waals surface area (Å²) in [7, 11) is 0. The molecule has 0 atom stereocenters. The molecule has 0 saturated carbocycles.